The number of methoxy groups -OCH3 is 1. The first-order chi connectivity index (χ1) is 10.1. The molecular formula is C15H17BrN2O3. The molecule has 6 heteroatoms. The lowest BCUT2D eigenvalue weighted by Gasteiger charge is -2.04. The molecule has 0 atom stereocenters. The van der Waals surface area contributed by atoms with Gasteiger partial charge in [-0.1, -0.05) is 15.9 Å². The van der Waals surface area contributed by atoms with E-state index in [1.807, 2.05) is 12.1 Å². The number of anilines is 1. The third-order valence-corrected chi connectivity index (χ3v) is 3.41. The summed E-state index contributed by atoms with van der Waals surface area (Å²) in [5.74, 6) is 0.597. The van der Waals surface area contributed by atoms with Crippen LogP contribution < -0.4 is 11.1 Å². The molecule has 0 radical (unpaired) electrons. The maximum Gasteiger partial charge on any atom is 0.287 e. The summed E-state index contributed by atoms with van der Waals surface area (Å²) in [4.78, 5) is 11.9. The zero-order chi connectivity index (χ0) is 15.2. The number of furan rings is 1. The van der Waals surface area contributed by atoms with Gasteiger partial charge >= 0.3 is 0 Å². The van der Waals surface area contributed by atoms with E-state index in [1.165, 1.54) is 0 Å². The third-order valence-electron chi connectivity index (χ3n) is 2.92. The van der Waals surface area contributed by atoms with Gasteiger partial charge in [-0.15, -0.1) is 0 Å². The van der Waals surface area contributed by atoms with E-state index in [4.69, 9.17) is 14.9 Å². The Bertz CT molecular complexity index is 625. The number of nitrogens with one attached hydrogen (secondary N) is 1. The van der Waals surface area contributed by atoms with Gasteiger partial charge in [-0.25, -0.2) is 0 Å². The number of rotatable bonds is 6. The van der Waals surface area contributed by atoms with Crippen molar-refractivity contribution in [3.8, 4) is 11.3 Å². The highest BCUT2D eigenvalue weighted by atomic mass is 79.9. The van der Waals surface area contributed by atoms with Gasteiger partial charge in [0.1, 0.15) is 5.76 Å². The van der Waals surface area contributed by atoms with E-state index in [0.29, 0.717) is 24.6 Å². The number of halogens is 1. The van der Waals surface area contributed by atoms with E-state index in [2.05, 4.69) is 21.2 Å². The standard InChI is InChI=1S/C15H17BrN2O3/c1-20-8-2-7-18-15(19)14-6-5-13(21-14)11-4-3-10(16)9-12(11)17/h3-6,9H,2,7-8,17H2,1H3,(H,18,19). The van der Waals surface area contributed by atoms with Gasteiger partial charge in [-0.2, -0.15) is 0 Å². The largest absolute Gasteiger partial charge is 0.451 e. The van der Waals surface area contributed by atoms with Crippen LogP contribution in [-0.4, -0.2) is 26.2 Å². The molecule has 21 heavy (non-hydrogen) atoms. The Morgan fingerprint density at radius 1 is 1.38 bits per heavy atom. The highest BCUT2D eigenvalue weighted by molar-refractivity contribution is 9.10. The fraction of sp³-hybridized carbons (Fsp3) is 0.267. The SMILES string of the molecule is COCCCNC(=O)c1ccc(-c2ccc(Br)cc2N)o1. The van der Waals surface area contributed by atoms with Gasteiger partial charge in [-0.05, 0) is 36.8 Å². The van der Waals surface area contributed by atoms with Crippen LogP contribution in [0.1, 0.15) is 17.0 Å². The molecular weight excluding hydrogens is 336 g/mol. The van der Waals surface area contributed by atoms with Gasteiger partial charge < -0.3 is 20.2 Å². The monoisotopic (exact) mass is 352 g/mol. The number of carbonyl (C=O) groups excluding carboxylic acids is 1. The molecule has 1 aromatic carbocycles. The van der Waals surface area contributed by atoms with Gasteiger partial charge in [0.2, 0.25) is 0 Å². The van der Waals surface area contributed by atoms with E-state index in [0.717, 1.165) is 16.5 Å². The Hall–Kier alpha value is -1.79. The Balaban J connectivity index is 2.05. The normalized spacial score (nSPS) is 10.6. The molecule has 5 nitrogen and oxygen atoms in total. The fourth-order valence-corrected chi connectivity index (χ4v) is 2.25. The van der Waals surface area contributed by atoms with Crippen LogP contribution in [0.4, 0.5) is 5.69 Å². The minimum Gasteiger partial charge on any atom is -0.451 e. The molecule has 1 aromatic heterocycles. The van der Waals surface area contributed by atoms with Crippen molar-refractivity contribution in [2.45, 2.75) is 6.42 Å². The summed E-state index contributed by atoms with van der Waals surface area (Å²) in [5.41, 5.74) is 7.30. The quantitative estimate of drug-likeness (QED) is 0.618. The number of hydrogen-bond acceptors (Lipinski definition) is 4. The summed E-state index contributed by atoms with van der Waals surface area (Å²) in [7, 11) is 1.63. The molecule has 0 aliphatic heterocycles. The molecule has 0 fully saturated rings. The van der Waals surface area contributed by atoms with Crippen molar-refractivity contribution >= 4 is 27.5 Å². The van der Waals surface area contributed by atoms with E-state index < -0.39 is 0 Å². The zero-order valence-corrected chi connectivity index (χ0v) is 13.3. The number of benzene rings is 1. The van der Waals surface area contributed by atoms with Crippen molar-refractivity contribution < 1.29 is 13.9 Å². The molecule has 2 aromatic rings. The van der Waals surface area contributed by atoms with Crippen LogP contribution >= 0.6 is 15.9 Å². The summed E-state index contributed by atoms with van der Waals surface area (Å²) in [6.45, 7) is 1.16. The minimum absolute atomic E-state index is 0.243. The van der Waals surface area contributed by atoms with E-state index in [9.17, 15) is 4.79 Å². The predicted molar refractivity (Wildman–Crippen MR) is 85.1 cm³/mol. The second-order valence-corrected chi connectivity index (χ2v) is 5.41. The van der Waals surface area contributed by atoms with Gasteiger partial charge in [0, 0.05) is 36.0 Å². The number of nitrogens with two attached hydrogens (primary N) is 1. The van der Waals surface area contributed by atoms with Crippen LogP contribution in [0.15, 0.2) is 39.2 Å². The Morgan fingerprint density at radius 3 is 2.90 bits per heavy atom. The first-order valence-corrected chi connectivity index (χ1v) is 7.33. The molecule has 1 amide bonds. The molecule has 0 spiro atoms. The molecule has 0 aliphatic carbocycles. The van der Waals surface area contributed by atoms with Crippen molar-refractivity contribution in [2.24, 2.45) is 0 Å². The van der Waals surface area contributed by atoms with E-state index in [1.54, 1.807) is 25.3 Å². The molecule has 0 unspecified atom stereocenters. The van der Waals surface area contributed by atoms with Crippen LogP contribution in [0, 0.1) is 0 Å². The molecule has 0 aliphatic rings. The van der Waals surface area contributed by atoms with Crippen molar-refractivity contribution in [3.63, 3.8) is 0 Å². The second kappa shape index (κ2) is 7.28. The summed E-state index contributed by atoms with van der Waals surface area (Å²) in [5, 5.41) is 2.77. The van der Waals surface area contributed by atoms with E-state index in [-0.39, 0.29) is 11.7 Å². The van der Waals surface area contributed by atoms with E-state index >= 15 is 0 Å². The highest BCUT2D eigenvalue weighted by Gasteiger charge is 2.13. The van der Waals surface area contributed by atoms with Crippen molar-refractivity contribution in [2.75, 3.05) is 26.0 Å². The van der Waals surface area contributed by atoms with Crippen molar-refractivity contribution in [1.82, 2.24) is 5.32 Å². The third kappa shape index (κ3) is 4.09. The molecule has 2 rings (SSSR count). The first-order valence-electron chi connectivity index (χ1n) is 6.54. The van der Waals surface area contributed by atoms with Crippen LogP contribution in [0.5, 0.6) is 0 Å². The number of nitrogen functional groups attached to an aromatic ring is 1. The maximum absolute atomic E-state index is 11.9. The topological polar surface area (TPSA) is 77.5 Å². The lowest BCUT2D eigenvalue weighted by atomic mass is 10.1. The Morgan fingerprint density at radius 2 is 2.19 bits per heavy atom. The second-order valence-electron chi connectivity index (χ2n) is 4.50. The predicted octanol–water partition coefficient (Wildman–Crippen LogP) is 3.06. The number of ether oxygens (including phenoxy) is 1. The Labute approximate surface area is 131 Å². The van der Waals surface area contributed by atoms with Crippen molar-refractivity contribution in [3.05, 3.63) is 40.6 Å². The smallest absolute Gasteiger partial charge is 0.287 e. The molecule has 0 saturated heterocycles. The van der Waals surface area contributed by atoms with Crippen molar-refractivity contribution in [1.29, 1.82) is 0 Å². The Kier molecular flexibility index (Phi) is 5.41. The highest BCUT2D eigenvalue weighted by Crippen LogP contribution is 2.29. The molecule has 112 valence electrons. The average Bonchev–Trinajstić information content (AvgIpc) is 2.93. The fourth-order valence-electron chi connectivity index (χ4n) is 1.87. The molecule has 1 heterocycles. The maximum atomic E-state index is 11.9. The van der Waals surface area contributed by atoms with Crippen LogP contribution in [0.2, 0.25) is 0 Å². The van der Waals surface area contributed by atoms with Crippen LogP contribution in [-0.2, 0) is 4.74 Å². The minimum atomic E-state index is -0.243. The summed E-state index contributed by atoms with van der Waals surface area (Å²) < 4.78 is 11.4. The molecule has 3 N–H and O–H groups in total. The average molecular weight is 353 g/mol. The lowest BCUT2D eigenvalue weighted by Crippen LogP contribution is -2.24. The van der Waals surface area contributed by atoms with Gasteiger partial charge in [0.05, 0.1) is 0 Å². The lowest BCUT2D eigenvalue weighted by molar-refractivity contribution is 0.0922. The number of hydrogen-bond donors (Lipinski definition) is 2. The summed E-state index contributed by atoms with van der Waals surface area (Å²) in [6, 6.07) is 8.89. The first kappa shape index (κ1) is 15.6. The van der Waals surface area contributed by atoms with Crippen LogP contribution in [0.25, 0.3) is 11.3 Å². The molecule has 0 saturated carbocycles. The van der Waals surface area contributed by atoms with Crippen LogP contribution in [0.3, 0.4) is 0 Å². The van der Waals surface area contributed by atoms with Gasteiger partial charge in [0.25, 0.3) is 5.91 Å². The number of amides is 1. The zero-order valence-electron chi connectivity index (χ0n) is 11.7. The van der Waals surface area contributed by atoms with Gasteiger partial charge in [0.15, 0.2) is 5.76 Å². The summed E-state index contributed by atoms with van der Waals surface area (Å²) in [6.07, 6.45) is 0.759. The van der Waals surface area contributed by atoms with Gasteiger partial charge in [-0.3, -0.25) is 4.79 Å². The molecule has 0 bridgehead atoms. The number of carbonyl (C=O) groups is 1. The summed E-state index contributed by atoms with van der Waals surface area (Å²) >= 11 is 3.35.